The third kappa shape index (κ3) is 2.47. The molecule has 1 aliphatic rings. The van der Waals surface area contributed by atoms with Gasteiger partial charge < -0.3 is 9.67 Å². The summed E-state index contributed by atoms with van der Waals surface area (Å²) in [6.45, 7) is 0.921. The average molecular weight is 276 g/mol. The average Bonchev–Trinajstić information content (AvgIpc) is 2.83. The van der Waals surface area contributed by atoms with Gasteiger partial charge in [-0.2, -0.15) is 11.8 Å². The predicted molar refractivity (Wildman–Crippen MR) is 76.8 cm³/mol. The van der Waals surface area contributed by atoms with E-state index in [2.05, 4.69) is 9.55 Å². The molecule has 1 N–H and O–H groups in total. The summed E-state index contributed by atoms with van der Waals surface area (Å²) in [5, 5.41) is 9.78. The van der Waals surface area contributed by atoms with Crippen LogP contribution in [-0.4, -0.2) is 31.6 Å². The molecule has 0 aliphatic carbocycles. The number of rotatable bonds is 3. The summed E-state index contributed by atoms with van der Waals surface area (Å²) in [5.41, 5.74) is 1.80. The quantitative estimate of drug-likeness (QED) is 0.936. The number of imidazole rings is 1. The van der Waals surface area contributed by atoms with Crippen molar-refractivity contribution in [2.75, 3.05) is 5.75 Å². The molecule has 3 rings (SSSR count). The van der Waals surface area contributed by atoms with Gasteiger partial charge >= 0.3 is 5.97 Å². The fourth-order valence-corrected chi connectivity index (χ4v) is 3.88. The van der Waals surface area contributed by atoms with Crippen LogP contribution in [0.2, 0.25) is 0 Å². The Morgan fingerprint density at radius 2 is 2.37 bits per heavy atom. The molecule has 19 heavy (non-hydrogen) atoms. The first-order valence-corrected chi connectivity index (χ1v) is 7.59. The van der Waals surface area contributed by atoms with Crippen molar-refractivity contribution < 1.29 is 9.90 Å². The van der Waals surface area contributed by atoms with Gasteiger partial charge in [0, 0.05) is 11.8 Å². The Morgan fingerprint density at radius 1 is 1.47 bits per heavy atom. The van der Waals surface area contributed by atoms with Crippen molar-refractivity contribution in [3.63, 3.8) is 0 Å². The standard InChI is InChI=1S/C14H16N2O2S/c17-14(18)11-5-3-6-12-13(11)15-9-16(12)8-10-4-1-2-7-19-10/h3,5-6,9-10H,1-2,4,7-8H2,(H,17,18). The molecule has 1 atom stereocenters. The number of hydrogen-bond acceptors (Lipinski definition) is 3. The Labute approximate surface area is 115 Å². The number of carboxylic acids is 1. The highest BCUT2D eigenvalue weighted by molar-refractivity contribution is 7.99. The summed E-state index contributed by atoms with van der Waals surface area (Å²) in [6, 6.07) is 5.34. The zero-order chi connectivity index (χ0) is 13.2. The predicted octanol–water partition coefficient (Wildman–Crippen LogP) is 3.02. The summed E-state index contributed by atoms with van der Waals surface area (Å²) in [7, 11) is 0. The summed E-state index contributed by atoms with van der Waals surface area (Å²) in [4.78, 5) is 15.4. The van der Waals surface area contributed by atoms with Crippen LogP contribution in [0.5, 0.6) is 0 Å². The first-order valence-electron chi connectivity index (χ1n) is 6.54. The van der Waals surface area contributed by atoms with Crippen LogP contribution in [0, 0.1) is 0 Å². The SMILES string of the molecule is O=C(O)c1cccc2c1ncn2CC1CCCCS1. The van der Waals surface area contributed by atoms with E-state index < -0.39 is 5.97 Å². The number of carbonyl (C=O) groups is 1. The van der Waals surface area contributed by atoms with Crippen LogP contribution in [-0.2, 0) is 6.54 Å². The number of para-hydroxylation sites is 1. The minimum atomic E-state index is -0.914. The Hall–Kier alpha value is -1.49. The van der Waals surface area contributed by atoms with E-state index in [0.29, 0.717) is 10.8 Å². The van der Waals surface area contributed by atoms with E-state index >= 15 is 0 Å². The van der Waals surface area contributed by atoms with Gasteiger partial charge in [-0.1, -0.05) is 12.5 Å². The monoisotopic (exact) mass is 276 g/mol. The molecular formula is C14H16N2O2S. The second-order valence-corrected chi connectivity index (χ2v) is 6.27. The summed E-state index contributed by atoms with van der Waals surface area (Å²) < 4.78 is 2.09. The van der Waals surface area contributed by atoms with Gasteiger partial charge in [-0.25, -0.2) is 9.78 Å². The van der Waals surface area contributed by atoms with E-state index in [4.69, 9.17) is 5.11 Å². The summed E-state index contributed by atoms with van der Waals surface area (Å²) >= 11 is 2.02. The Morgan fingerprint density at radius 3 is 3.11 bits per heavy atom. The molecule has 0 saturated carbocycles. The Bertz CT molecular complexity index is 603. The van der Waals surface area contributed by atoms with E-state index in [1.54, 1.807) is 18.5 Å². The number of aromatic nitrogens is 2. The fourth-order valence-electron chi connectivity index (χ4n) is 2.58. The molecule has 1 aliphatic heterocycles. The largest absolute Gasteiger partial charge is 0.478 e. The highest BCUT2D eigenvalue weighted by Crippen LogP contribution is 2.27. The van der Waals surface area contributed by atoms with Gasteiger partial charge in [0.1, 0.15) is 5.52 Å². The van der Waals surface area contributed by atoms with Crippen molar-refractivity contribution in [2.24, 2.45) is 0 Å². The molecule has 1 fully saturated rings. The second-order valence-electron chi connectivity index (χ2n) is 4.86. The van der Waals surface area contributed by atoms with E-state index in [-0.39, 0.29) is 5.56 Å². The van der Waals surface area contributed by atoms with Crippen molar-refractivity contribution in [2.45, 2.75) is 31.1 Å². The van der Waals surface area contributed by atoms with Gasteiger partial charge in [-0.15, -0.1) is 0 Å². The van der Waals surface area contributed by atoms with Gasteiger partial charge in [-0.05, 0) is 30.7 Å². The highest BCUT2D eigenvalue weighted by Gasteiger charge is 2.17. The topological polar surface area (TPSA) is 55.1 Å². The number of fused-ring (bicyclic) bond motifs is 1. The smallest absolute Gasteiger partial charge is 0.337 e. The van der Waals surface area contributed by atoms with Crippen molar-refractivity contribution >= 4 is 28.8 Å². The number of aromatic carboxylic acids is 1. The highest BCUT2D eigenvalue weighted by atomic mass is 32.2. The van der Waals surface area contributed by atoms with Crippen LogP contribution < -0.4 is 0 Å². The summed E-state index contributed by atoms with van der Waals surface area (Å²) in [6.07, 6.45) is 5.62. The number of benzene rings is 1. The molecule has 4 nitrogen and oxygen atoms in total. The molecule has 1 aromatic heterocycles. The number of thioether (sulfide) groups is 1. The zero-order valence-corrected chi connectivity index (χ0v) is 11.4. The minimum Gasteiger partial charge on any atom is -0.478 e. The maximum atomic E-state index is 11.2. The van der Waals surface area contributed by atoms with Gasteiger partial charge in [-0.3, -0.25) is 0 Å². The van der Waals surface area contributed by atoms with E-state index in [1.807, 2.05) is 17.8 Å². The van der Waals surface area contributed by atoms with Crippen LogP contribution in [0.3, 0.4) is 0 Å². The Balaban J connectivity index is 1.92. The van der Waals surface area contributed by atoms with E-state index in [1.165, 1.54) is 25.0 Å². The first kappa shape index (κ1) is 12.5. The van der Waals surface area contributed by atoms with Gasteiger partial charge in [0.15, 0.2) is 0 Å². The van der Waals surface area contributed by atoms with Crippen LogP contribution in [0.4, 0.5) is 0 Å². The molecular weight excluding hydrogens is 260 g/mol. The third-order valence-electron chi connectivity index (χ3n) is 3.56. The molecule has 0 bridgehead atoms. The molecule has 100 valence electrons. The molecule has 1 aromatic carbocycles. The molecule has 2 aromatic rings. The van der Waals surface area contributed by atoms with Crippen LogP contribution in [0.1, 0.15) is 29.6 Å². The molecule has 2 heterocycles. The number of nitrogens with zero attached hydrogens (tertiary/aromatic N) is 2. The number of carboxylic acid groups (broad SMARTS) is 1. The van der Waals surface area contributed by atoms with Gasteiger partial charge in [0.05, 0.1) is 17.4 Å². The second kappa shape index (κ2) is 5.25. The molecule has 5 heteroatoms. The lowest BCUT2D eigenvalue weighted by Crippen LogP contribution is -2.16. The molecule has 0 radical (unpaired) electrons. The van der Waals surface area contributed by atoms with Crippen molar-refractivity contribution in [1.82, 2.24) is 9.55 Å². The Kier molecular flexibility index (Phi) is 3.46. The van der Waals surface area contributed by atoms with E-state index in [9.17, 15) is 4.79 Å². The lowest BCUT2D eigenvalue weighted by Gasteiger charge is -2.21. The molecule has 1 saturated heterocycles. The zero-order valence-electron chi connectivity index (χ0n) is 10.6. The third-order valence-corrected chi connectivity index (χ3v) is 4.94. The lowest BCUT2D eigenvalue weighted by atomic mass is 10.1. The normalized spacial score (nSPS) is 19.7. The van der Waals surface area contributed by atoms with Gasteiger partial charge in [0.2, 0.25) is 0 Å². The van der Waals surface area contributed by atoms with Crippen molar-refractivity contribution in [3.05, 3.63) is 30.1 Å². The molecule has 0 amide bonds. The van der Waals surface area contributed by atoms with Gasteiger partial charge in [0.25, 0.3) is 0 Å². The molecule has 0 spiro atoms. The molecule has 1 unspecified atom stereocenters. The lowest BCUT2D eigenvalue weighted by molar-refractivity contribution is 0.0699. The summed E-state index contributed by atoms with van der Waals surface area (Å²) in [5.74, 6) is 0.320. The van der Waals surface area contributed by atoms with Crippen LogP contribution >= 0.6 is 11.8 Å². The number of hydrogen-bond donors (Lipinski definition) is 1. The van der Waals surface area contributed by atoms with Crippen LogP contribution in [0.25, 0.3) is 11.0 Å². The first-order chi connectivity index (χ1) is 9.25. The van der Waals surface area contributed by atoms with Crippen LogP contribution in [0.15, 0.2) is 24.5 Å². The maximum absolute atomic E-state index is 11.2. The van der Waals surface area contributed by atoms with Crippen molar-refractivity contribution in [1.29, 1.82) is 0 Å². The van der Waals surface area contributed by atoms with E-state index in [0.717, 1.165) is 12.1 Å². The fraction of sp³-hybridized carbons (Fsp3) is 0.429. The van der Waals surface area contributed by atoms with Crippen molar-refractivity contribution in [3.8, 4) is 0 Å². The maximum Gasteiger partial charge on any atom is 0.337 e. The minimum absolute atomic E-state index is 0.285.